The summed E-state index contributed by atoms with van der Waals surface area (Å²) in [5, 5.41) is 5.18. The summed E-state index contributed by atoms with van der Waals surface area (Å²) in [6.07, 6.45) is 0.854. The molecular formula is C21H29N5O2S. The molecule has 8 heteroatoms. The highest BCUT2D eigenvalue weighted by Gasteiger charge is 2.24. The Bertz CT molecular complexity index is 979. The lowest BCUT2D eigenvalue weighted by molar-refractivity contribution is 0.0980. The van der Waals surface area contributed by atoms with E-state index in [0.29, 0.717) is 24.0 Å². The summed E-state index contributed by atoms with van der Waals surface area (Å²) in [5.74, 6) is 0.709. The number of ether oxygens (including phenoxy) is 1. The molecule has 0 bridgehead atoms. The van der Waals surface area contributed by atoms with Crippen LogP contribution in [-0.4, -0.2) is 59.4 Å². The summed E-state index contributed by atoms with van der Waals surface area (Å²) in [7, 11) is 4.07. The number of hydrogen-bond donors (Lipinski definition) is 0. The van der Waals surface area contributed by atoms with Crippen molar-refractivity contribution in [3.63, 3.8) is 0 Å². The summed E-state index contributed by atoms with van der Waals surface area (Å²) in [4.78, 5) is 21.9. The minimum absolute atomic E-state index is 0.108. The molecule has 0 spiro atoms. The fourth-order valence-electron chi connectivity index (χ4n) is 3.17. The maximum Gasteiger partial charge on any atom is 0.280 e. The molecule has 7 nitrogen and oxygen atoms in total. The number of thiazole rings is 1. The second-order valence-corrected chi connectivity index (χ2v) is 8.17. The standard InChI is InChI=1S/C21H29N5O2S/c1-6-26-15(3)13-18(23-26)20(27)25(12-8-11-24(4)5)21-22-17-10-9-16(28-7-2)14-19(17)29-21/h9-10,13-14H,6-8,11-12H2,1-5H3. The highest BCUT2D eigenvalue weighted by atomic mass is 32.1. The summed E-state index contributed by atoms with van der Waals surface area (Å²) in [5.41, 5.74) is 2.31. The van der Waals surface area contributed by atoms with Crippen LogP contribution in [0.4, 0.5) is 5.13 Å². The van der Waals surface area contributed by atoms with Crippen molar-refractivity contribution in [2.75, 3.05) is 38.7 Å². The number of fused-ring (bicyclic) bond motifs is 1. The SMILES string of the molecule is CCOc1ccc2nc(N(CCCN(C)C)C(=O)c3cc(C)n(CC)n3)sc2c1. The van der Waals surface area contributed by atoms with Crippen molar-refractivity contribution in [3.05, 3.63) is 35.7 Å². The van der Waals surface area contributed by atoms with Gasteiger partial charge in [0.2, 0.25) is 0 Å². The molecule has 0 N–H and O–H groups in total. The van der Waals surface area contributed by atoms with Crippen molar-refractivity contribution in [1.82, 2.24) is 19.7 Å². The van der Waals surface area contributed by atoms with Gasteiger partial charge in [0.15, 0.2) is 10.8 Å². The molecule has 0 radical (unpaired) electrons. The lowest BCUT2D eigenvalue weighted by Gasteiger charge is -2.20. The molecule has 2 aromatic heterocycles. The lowest BCUT2D eigenvalue weighted by Crippen LogP contribution is -2.33. The van der Waals surface area contributed by atoms with Gasteiger partial charge in [-0.1, -0.05) is 11.3 Å². The van der Waals surface area contributed by atoms with E-state index >= 15 is 0 Å². The van der Waals surface area contributed by atoms with Crippen LogP contribution < -0.4 is 9.64 Å². The van der Waals surface area contributed by atoms with Gasteiger partial charge in [0.05, 0.1) is 16.8 Å². The monoisotopic (exact) mass is 415 g/mol. The number of aromatic nitrogens is 3. The number of rotatable bonds is 9. The van der Waals surface area contributed by atoms with Gasteiger partial charge >= 0.3 is 0 Å². The van der Waals surface area contributed by atoms with Crippen LogP contribution in [-0.2, 0) is 6.54 Å². The maximum absolute atomic E-state index is 13.3. The first kappa shape index (κ1) is 21.3. The molecule has 1 amide bonds. The Morgan fingerprint density at radius 3 is 2.66 bits per heavy atom. The van der Waals surface area contributed by atoms with E-state index in [-0.39, 0.29) is 5.91 Å². The quantitative estimate of drug-likeness (QED) is 0.532. The van der Waals surface area contributed by atoms with E-state index < -0.39 is 0 Å². The van der Waals surface area contributed by atoms with Gasteiger partial charge in [-0.2, -0.15) is 5.10 Å². The summed E-state index contributed by atoms with van der Waals surface area (Å²) < 4.78 is 8.45. The third kappa shape index (κ3) is 4.94. The van der Waals surface area contributed by atoms with Gasteiger partial charge in [-0.15, -0.1) is 0 Å². The van der Waals surface area contributed by atoms with Gasteiger partial charge in [-0.25, -0.2) is 4.98 Å². The molecule has 1 aromatic carbocycles. The first-order valence-electron chi connectivity index (χ1n) is 9.97. The fraction of sp³-hybridized carbons (Fsp3) is 0.476. The van der Waals surface area contributed by atoms with Gasteiger partial charge in [0.1, 0.15) is 5.75 Å². The molecule has 0 unspecified atom stereocenters. The molecule has 0 atom stereocenters. The van der Waals surface area contributed by atoms with Gasteiger partial charge in [0.25, 0.3) is 5.91 Å². The van der Waals surface area contributed by atoms with Gasteiger partial charge in [-0.3, -0.25) is 14.4 Å². The van der Waals surface area contributed by atoms with Crippen molar-refractivity contribution in [2.45, 2.75) is 33.7 Å². The minimum atomic E-state index is -0.108. The van der Waals surface area contributed by atoms with E-state index in [1.54, 1.807) is 4.90 Å². The molecule has 29 heavy (non-hydrogen) atoms. The zero-order valence-corrected chi connectivity index (χ0v) is 18.6. The van der Waals surface area contributed by atoms with Crippen LogP contribution in [0.25, 0.3) is 10.2 Å². The largest absolute Gasteiger partial charge is 0.494 e. The number of anilines is 1. The molecule has 0 aliphatic heterocycles. The molecule has 0 fully saturated rings. The molecule has 0 aliphatic rings. The predicted molar refractivity (Wildman–Crippen MR) is 118 cm³/mol. The topological polar surface area (TPSA) is 63.5 Å². The number of carbonyl (C=O) groups excluding carboxylic acids is 1. The van der Waals surface area contributed by atoms with Gasteiger partial charge < -0.3 is 9.64 Å². The van der Waals surface area contributed by atoms with Crippen molar-refractivity contribution < 1.29 is 9.53 Å². The average Bonchev–Trinajstić information content (AvgIpc) is 3.27. The van der Waals surface area contributed by atoms with E-state index in [9.17, 15) is 4.79 Å². The van der Waals surface area contributed by atoms with Gasteiger partial charge in [-0.05, 0) is 72.1 Å². The van der Waals surface area contributed by atoms with E-state index in [0.717, 1.165) is 41.2 Å². The second-order valence-electron chi connectivity index (χ2n) is 7.16. The number of nitrogens with zero attached hydrogens (tertiary/aromatic N) is 5. The third-order valence-corrected chi connectivity index (χ3v) is 5.66. The van der Waals surface area contributed by atoms with Crippen LogP contribution in [0.5, 0.6) is 5.75 Å². The molecule has 3 aromatic rings. The molecule has 0 saturated carbocycles. The molecule has 2 heterocycles. The Balaban J connectivity index is 1.93. The van der Waals surface area contributed by atoms with Crippen LogP contribution in [0.15, 0.2) is 24.3 Å². The summed E-state index contributed by atoms with van der Waals surface area (Å²) in [6, 6.07) is 7.70. The second kappa shape index (κ2) is 9.37. The first-order valence-corrected chi connectivity index (χ1v) is 10.8. The molecule has 156 valence electrons. The zero-order valence-electron chi connectivity index (χ0n) is 17.8. The van der Waals surface area contributed by atoms with Crippen molar-refractivity contribution >= 4 is 32.6 Å². The van der Waals surface area contributed by atoms with Gasteiger partial charge in [0, 0.05) is 18.8 Å². The number of benzene rings is 1. The number of hydrogen-bond acceptors (Lipinski definition) is 6. The molecule has 3 rings (SSSR count). The van der Waals surface area contributed by atoms with Crippen molar-refractivity contribution in [3.8, 4) is 5.75 Å². The minimum Gasteiger partial charge on any atom is -0.494 e. The Labute approximate surface area is 175 Å². The zero-order chi connectivity index (χ0) is 21.0. The molecule has 0 aliphatic carbocycles. The number of amides is 1. The van der Waals surface area contributed by atoms with E-state index in [2.05, 4.69) is 10.00 Å². The normalized spacial score (nSPS) is 11.4. The van der Waals surface area contributed by atoms with Crippen LogP contribution in [0, 0.1) is 6.92 Å². The average molecular weight is 416 g/mol. The highest BCUT2D eigenvalue weighted by molar-refractivity contribution is 7.22. The lowest BCUT2D eigenvalue weighted by atomic mass is 10.3. The van der Waals surface area contributed by atoms with E-state index in [1.165, 1.54) is 11.3 Å². The van der Waals surface area contributed by atoms with Crippen LogP contribution in [0.2, 0.25) is 0 Å². The molecule has 0 saturated heterocycles. The third-order valence-electron chi connectivity index (χ3n) is 4.62. The number of aryl methyl sites for hydroxylation is 2. The van der Waals surface area contributed by atoms with E-state index in [4.69, 9.17) is 9.72 Å². The Morgan fingerprint density at radius 1 is 1.21 bits per heavy atom. The molecular weight excluding hydrogens is 386 g/mol. The first-order chi connectivity index (χ1) is 13.9. The highest BCUT2D eigenvalue weighted by Crippen LogP contribution is 2.32. The van der Waals surface area contributed by atoms with Crippen LogP contribution in [0.1, 0.15) is 36.5 Å². The van der Waals surface area contributed by atoms with E-state index in [1.807, 2.05) is 63.8 Å². The maximum atomic E-state index is 13.3. The fourth-order valence-corrected chi connectivity index (χ4v) is 4.19. The Morgan fingerprint density at radius 2 is 2.00 bits per heavy atom. The smallest absolute Gasteiger partial charge is 0.280 e. The Kier molecular flexibility index (Phi) is 6.87. The van der Waals surface area contributed by atoms with Crippen molar-refractivity contribution in [1.29, 1.82) is 0 Å². The predicted octanol–water partition coefficient (Wildman–Crippen LogP) is 3.82. The van der Waals surface area contributed by atoms with Crippen LogP contribution >= 0.6 is 11.3 Å². The van der Waals surface area contributed by atoms with Crippen molar-refractivity contribution in [2.24, 2.45) is 0 Å². The summed E-state index contributed by atoms with van der Waals surface area (Å²) in [6.45, 7) is 8.79. The number of carbonyl (C=O) groups is 1. The van der Waals surface area contributed by atoms with Crippen LogP contribution in [0.3, 0.4) is 0 Å². The Hall–Kier alpha value is -2.45. The summed E-state index contributed by atoms with van der Waals surface area (Å²) >= 11 is 1.51.